The number of carbonyl (C=O) groups excluding carboxylic acids is 1. The molecule has 0 aromatic rings. The van der Waals surface area contributed by atoms with E-state index in [1.54, 1.807) is 0 Å². The average Bonchev–Trinajstić information content (AvgIpc) is 2.35. The van der Waals surface area contributed by atoms with Gasteiger partial charge in [-0.15, -0.1) is 0 Å². The molecule has 1 heterocycles. The van der Waals surface area contributed by atoms with Crippen LogP contribution in [0.4, 0.5) is 4.79 Å². The van der Waals surface area contributed by atoms with E-state index >= 15 is 0 Å². The highest BCUT2D eigenvalue weighted by atomic mass is 16.2. The highest BCUT2D eigenvalue weighted by Gasteiger charge is 2.28. The molecular formula is C14H29N3O. The average molecular weight is 255 g/mol. The molecule has 0 aromatic heterocycles. The first-order chi connectivity index (χ1) is 8.39. The van der Waals surface area contributed by atoms with E-state index in [4.69, 9.17) is 5.73 Å². The molecule has 1 unspecified atom stereocenters. The molecule has 1 rings (SSSR count). The minimum Gasteiger partial charge on any atom is -0.330 e. The van der Waals surface area contributed by atoms with Crippen LogP contribution in [0.1, 0.15) is 40.5 Å². The molecule has 1 aliphatic heterocycles. The summed E-state index contributed by atoms with van der Waals surface area (Å²) in [5.74, 6) is 0.629. The van der Waals surface area contributed by atoms with E-state index in [9.17, 15) is 4.79 Å². The smallest absolute Gasteiger partial charge is 0.320 e. The van der Waals surface area contributed by atoms with Crippen molar-refractivity contribution in [3.8, 4) is 0 Å². The maximum atomic E-state index is 12.5. The second kappa shape index (κ2) is 6.41. The molecule has 2 N–H and O–H groups in total. The Balaban J connectivity index is 2.61. The lowest BCUT2D eigenvalue weighted by molar-refractivity contribution is 0.117. The van der Waals surface area contributed by atoms with Gasteiger partial charge in [-0.1, -0.05) is 20.8 Å². The lowest BCUT2D eigenvalue weighted by Crippen LogP contribution is -2.50. The number of carbonyl (C=O) groups is 1. The first-order valence-corrected chi connectivity index (χ1v) is 7.13. The number of amides is 2. The highest BCUT2D eigenvalue weighted by Crippen LogP contribution is 2.20. The van der Waals surface area contributed by atoms with Crippen LogP contribution in [0.3, 0.4) is 0 Å². The summed E-state index contributed by atoms with van der Waals surface area (Å²) >= 11 is 0. The van der Waals surface area contributed by atoms with Crippen molar-refractivity contribution in [1.82, 2.24) is 9.80 Å². The van der Waals surface area contributed by atoms with Gasteiger partial charge in [0.25, 0.3) is 0 Å². The third-order valence-corrected chi connectivity index (χ3v) is 3.75. The second-order valence-corrected chi connectivity index (χ2v) is 6.36. The molecule has 106 valence electrons. The van der Waals surface area contributed by atoms with Gasteiger partial charge >= 0.3 is 6.03 Å². The normalized spacial score (nSPS) is 20.9. The van der Waals surface area contributed by atoms with Crippen molar-refractivity contribution in [3.05, 3.63) is 0 Å². The van der Waals surface area contributed by atoms with Gasteiger partial charge in [0.1, 0.15) is 0 Å². The van der Waals surface area contributed by atoms with Crippen molar-refractivity contribution in [3.63, 3.8) is 0 Å². The molecule has 1 atom stereocenters. The Labute approximate surface area is 111 Å². The Kier molecular flexibility index (Phi) is 5.45. The predicted octanol–water partition coefficient (Wildman–Crippen LogP) is 2.15. The van der Waals surface area contributed by atoms with Crippen molar-refractivity contribution in [2.75, 3.05) is 32.7 Å². The van der Waals surface area contributed by atoms with Gasteiger partial charge < -0.3 is 15.5 Å². The van der Waals surface area contributed by atoms with Crippen LogP contribution in [0.2, 0.25) is 0 Å². The Bertz CT molecular complexity index is 278. The zero-order valence-corrected chi connectivity index (χ0v) is 12.4. The van der Waals surface area contributed by atoms with Crippen molar-refractivity contribution in [1.29, 1.82) is 0 Å². The van der Waals surface area contributed by atoms with E-state index in [2.05, 4.69) is 20.8 Å². The van der Waals surface area contributed by atoms with Crippen LogP contribution in [0.15, 0.2) is 0 Å². The van der Waals surface area contributed by atoms with Crippen LogP contribution in [-0.4, -0.2) is 48.6 Å². The number of hydrogen-bond acceptors (Lipinski definition) is 2. The number of piperidine rings is 1. The fourth-order valence-electron chi connectivity index (χ4n) is 2.46. The van der Waals surface area contributed by atoms with Crippen molar-refractivity contribution >= 4 is 6.03 Å². The number of nitrogens with zero attached hydrogens (tertiary/aromatic N) is 2. The summed E-state index contributed by atoms with van der Waals surface area (Å²) in [6, 6.07) is 0.186. The van der Waals surface area contributed by atoms with Crippen molar-refractivity contribution in [2.24, 2.45) is 17.1 Å². The molecule has 0 aliphatic carbocycles. The molecule has 18 heavy (non-hydrogen) atoms. The summed E-state index contributed by atoms with van der Waals surface area (Å²) in [5.41, 5.74) is 5.75. The second-order valence-electron chi connectivity index (χ2n) is 6.36. The summed E-state index contributed by atoms with van der Waals surface area (Å²) in [4.78, 5) is 16.4. The summed E-state index contributed by atoms with van der Waals surface area (Å²) in [5, 5.41) is 0. The van der Waals surface area contributed by atoms with E-state index < -0.39 is 0 Å². The summed E-state index contributed by atoms with van der Waals surface area (Å²) in [6.07, 6.45) is 2.37. The van der Waals surface area contributed by atoms with E-state index in [1.807, 2.05) is 16.7 Å². The maximum absolute atomic E-state index is 12.5. The van der Waals surface area contributed by atoms with Crippen LogP contribution < -0.4 is 5.73 Å². The Morgan fingerprint density at radius 1 is 1.50 bits per heavy atom. The molecule has 0 radical (unpaired) electrons. The van der Waals surface area contributed by atoms with Gasteiger partial charge in [0, 0.05) is 26.2 Å². The first-order valence-electron chi connectivity index (χ1n) is 7.13. The zero-order valence-electron chi connectivity index (χ0n) is 12.4. The summed E-state index contributed by atoms with van der Waals surface area (Å²) in [7, 11) is 0. The van der Waals surface area contributed by atoms with Crippen molar-refractivity contribution in [2.45, 2.75) is 40.5 Å². The zero-order chi connectivity index (χ0) is 13.8. The lowest BCUT2D eigenvalue weighted by atomic mass is 9.93. The molecule has 0 saturated carbocycles. The highest BCUT2D eigenvalue weighted by molar-refractivity contribution is 5.74. The Morgan fingerprint density at radius 3 is 2.67 bits per heavy atom. The van der Waals surface area contributed by atoms with Gasteiger partial charge in [-0.25, -0.2) is 4.79 Å². The van der Waals surface area contributed by atoms with Gasteiger partial charge in [0.15, 0.2) is 0 Å². The Hall–Kier alpha value is -0.770. The largest absolute Gasteiger partial charge is 0.330 e. The first kappa shape index (κ1) is 15.3. The van der Waals surface area contributed by atoms with Crippen molar-refractivity contribution < 1.29 is 4.79 Å². The minimum atomic E-state index is -0.00687. The Morgan fingerprint density at radius 2 is 2.17 bits per heavy atom. The minimum absolute atomic E-state index is 0.00687. The van der Waals surface area contributed by atoms with Gasteiger partial charge in [-0.2, -0.15) is 0 Å². The molecule has 4 heteroatoms. The third-order valence-electron chi connectivity index (χ3n) is 3.75. The molecule has 0 aromatic carbocycles. The molecule has 0 bridgehead atoms. The van der Waals surface area contributed by atoms with Gasteiger partial charge in [-0.3, -0.25) is 0 Å². The van der Waals surface area contributed by atoms with Crippen LogP contribution in [0.25, 0.3) is 0 Å². The van der Waals surface area contributed by atoms with E-state index in [0.717, 1.165) is 32.6 Å². The standard InChI is InChI=1S/C14H29N3O/c1-5-16(11-14(3,4)10-15)13(18)17-8-6-7-12(2)9-17/h12H,5-11,15H2,1-4H3. The summed E-state index contributed by atoms with van der Waals surface area (Å²) in [6.45, 7) is 12.4. The molecule has 1 aliphatic rings. The molecular weight excluding hydrogens is 226 g/mol. The van der Waals surface area contributed by atoms with Crippen LogP contribution >= 0.6 is 0 Å². The van der Waals surface area contributed by atoms with Gasteiger partial charge in [0.05, 0.1) is 0 Å². The SMILES string of the molecule is CCN(CC(C)(C)CN)C(=O)N1CCCC(C)C1. The van der Waals surface area contributed by atoms with Crippen LogP contribution in [-0.2, 0) is 0 Å². The third kappa shape index (κ3) is 4.16. The van der Waals surface area contributed by atoms with E-state index in [0.29, 0.717) is 12.5 Å². The molecule has 4 nitrogen and oxygen atoms in total. The molecule has 0 spiro atoms. The number of nitrogens with two attached hydrogens (primary N) is 1. The fourth-order valence-corrected chi connectivity index (χ4v) is 2.46. The molecule has 1 saturated heterocycles. The number of urea groups is 1. The molecule has 1 fully saturated rings. The monoisotopic (exact) mass is 255 g/mol. The van der Waals surface area contributed by atoms with Gasteiger partial charge in [0.2, 0.25) is 0 Å². The van der Waals surface area contributed by atoms with Gasteiger partial charge in [-0.05, 0) is 37.6 Å². The van der Waals surface area contributed by atoms with E-state index in [1.165, 1.54) is 6.42 Å². The van der Waals surface area contributed by atoms with Crippen LogP contribution in [0, 0.1) is 11.3 Å². The number of hydrogen-bond donors (Lipinski definition) is 1. The number of rotatable bonds is 4. The summed E-state index contributed by atoms with van der Waals surface area (Å²) < 4.78 is 0. The fraction of sp³-hybridized carbons (Fsp3) is 0.929. The topological polar surface area (TPSA) is 49.6 Å². The predicted molar refractivity (Wildman–Crippen MR) is 75.4 cm³/mol. The number of likely N-dealkylation sites (tertiary alicyclic amines) is 1. The van der Waals surface area contributed by atoms with Crippen LogP contribution in [0.5, 0.6) is 0 Å². The quantitative estimate of drug-likeness (QED) is 0.836. The maximum Gasteiger partial charge on any atom is 0.320 e. The lowest BCUT2D eigenvalue weighted by Gasteiger charge is -2.38. The van der Waals surface area contributed by atoms with E-state index in [-0.39, 0.29) is 11.4 Å². The molecule has 2 amide bonds.